The van der Waals surface area contributed by atoms with Crippen molar-refractivity contribution in [2.75, 3.05) is 19.5 Å². The lowest BCUT2D eigenvalue weighted by molar-refractivity contribution is -0.00555. The van der Waals surface area contributed by atoms with Crippen LogP contribution < -0.4 is 14.8 Å². The fraction of sp³-hybridized carbons (Fsp3) is 0.571. The Kier molecular flexibility index (Phi) is 4.30. The van der Waals surface area contributed by atoms with Gasteiger partial charge in [0.15, 0.2) is 11.5 Å². The highest BCUT2D eigenvalue weighted by Gasteiger charge is 2.53. The Morgan fingerprint density at radius 2 is 1.68 bits per heavy atom. The number of carbonyl (C=O) groups is 1. The molecule has 0 atom stereocenters. The summed E-state index contributed by atoms with van der Waals surface area (Å²) in [4.78, 5) is 12.7. The van der Waals surface area contributed by atoms with E-state index in [-0.39, 0.29) is 11.3 Å². The standard InChI is InChI=1S/C21H25N3O3S/c1-26-16-4-3-15(8-17(16)27-2)18(25)22-20-24-23-19(28-20)21-9-12-5-13(10-21)7-14(6-12)11-21/h3-4,8,12-14H,5-7,9-11H2,1-2H3,(H,22,24,25). The van der Waals surface area contributed by atoms with Gasteiger partial charge >= 0.3 is 0 Å². The van der Waals surface area contributed by atoms with Crippen molar-refractivity contribution in [1.29, 1.82) is 0 Å². The van der Waals surface area contributed by atoms with Crippen LogP contribution in [0, 0.1) is 17.8 Å². The van der Waals surface area contributed by atoms with Crippen molar-refractivity contribution in [2.24, 2.45) is 17.8 Å². The predicted molar refractivity (Wildman–Crippen MR) is 107 cm³/mol. The number of aromatic nitrogens is 2. The second-order valence-corrected chi connectivity index (χ2v) is 9.61. The number of methoxy groups -OCH3 is 2. The molecule has 0 unspecified atom stereocenters. The molecule has 4 bridgehead atoms. The molecule has 28 heavy (non-hydrogen) atoms. The minimum absolute atomic E-state index is 0.207. The molecule has 0 aliphatic heterocycles. The van der Waals surface area contributed by atoms with Crippen LogP contribution in [-0.4, -0.2) is 30.3 Å². The van der Waals surface area contributed by atoms with E-state index in [2.05, 4.69) is 15.5 Å². The van der Waals surface area contributed by atoms with E-state index in [1.807, 2.05) is 0 Å². The summed E-state index contributed by atoms with van der Waals surface area (Å²) >= 11 is 1.55. The van der Waals surface area contributed by atoms with E-state index >= 15 is 0 Å². The van der Waals surface area contributed by atoms with E-state index in [4.69, 9.17) is 9.47 Å². The number of nitrogens with one attached hydrogen (secondary N) is 1. The van der Waals surface area contributed by atoms with E-state index in [1.165, 1.54) is 38.5 Å². The number of anilines is 1. The van der Waals surface area contributed by atoms with Crippen molar-refractivity contribution in [1.82, 2.24) is 10.2 Å². The minimum Gasteiger partial charge on any atom is -0.493 e. The van der Waals surface area contributed by atoms with E-state index in [1.54, 1.807) is 43.8 Å². The van der Waals surface area contributed by atoms with Gasteiger partial charge in [0.05, 0.1) is 14.2 Å². The first-order valence-electron chi connectivity index (χ1n) is 9.96. The highest BCUT2D eigenvalue weighted by molar-refractivity contribution is 7.15. The van der Waals surface area contributed by atoms with Crippen LogP contribution >= 0.6 is 11.3 Å². The predicted octanol–water partition coefficient (Wildman–Crippen LogP) is 4.28. The van der Waals surface area contributed by atoms with Crippen molar-refractivity contribution < 1.29 is 14.3 Å². The summed E-state index contributed by atoms with van der Waals surface area (Å²) in [6.07, 6.45) is 7.95. The molecule has 6 rings (SSSR count). The number of benzene rings is 1. The maximum absolute atomic E-state index is 12.7. The molecule has 1 aromatic heterocycles. The maximum atomic E-state index is 12.7. The number of hydrogen-bond donors (Lipinski definition) is 1. The van der Waals surface area contributed by atoms with Crippen molar-refractivity contribution >= 4 is 22.4 Å². The van der Waals surface area contributed by atoms with Crippen LogP contribution in [0.4, 0.5) is 5.13 Å². The van der Waals surface area contributed by atoms with Crippen LogP contribution in [-0.2, 0) is 5.41 Å². The van der Waals surface area contributed by atoms with E-state index < -0.39 is 0 Å². The van der Waals surface area contributed by atoms with Gasteiger partial charge < -0.3 is 9.47 Å². The molecule has 1 N–H and O–H groups in total. The van der Waals surface area contributed by atoms with Crippen LogP contribution in [0.25, 0.3) is 0 Å². The fourth-order valence-corrected chi connectivity index (χ4v) is 6.96. The average Bonchev–Trinajstić information content (AvgIpc) is 3.15. The molecule has 1 aromatic carbocycles. The topological polar surface area (TPSA) is 73.3 Å². The molecule has 7 heteroatoms. The zero-order chi connectivity index (χ0) is 19.3. The molecule has 4 aliphatic rings. The molecule has 0 spiro atoms. The van der Waals surface area contributed by atoms with Gasteiger partial charge in [0.2, 0.25) is 5.13 Å². The summed E-state index contributed by atoms with van der Waals surface area (Å²) in [5.74, 6) is 3.50. The molecular weight excluding hydrogens is 374 g/mol. The van der Waals surface area contributed by atoms with Gasteiger partial charge in [-0.05, 0) is 74.5 Å². The first-order valence-corrected chi connectivity index (χ1v) is 10.8. The summed E-state index contributed by atoms with van der Waals surface area (Å²) in [7, 11) is 3.13. The Hall–Kier alpha value is -2.15. The van der Waals surface area contributed by atoms with Crippen molar-refractivity contribution in [2.45, 2.75) is 43.9 Å². The highest BCUT2D eigenvalue weighted by Crippen LogP contribution is 2.61. The van der Waals surface area contributed by atoms with Gasteiger partial charge in [0, 0.05) is 11.0 Å². The summed E-state index contributed by atoms with van der Waals surface area (Å²) in [5.41, 5.74) is 0.711. The van der Waals surface area contributed by atoms with Crippen LogP contribution in [0.2, 0.25) is 0 Å². The quantitative estimate of drug-likeness (QED) is 0.813. The lowest BCUT2D eigenvalue weighted by Crippen LogP contribution is -2.48. The Morgan fingerprint density at radius 3 is 2.29 bits per heavy atom. The fourth-order valence-electron chi connectivity index (χ4n) is 6.01. The molecule has 0 saturated heterocycles. The van der Waals surface area contributed by atoms with Crippen LogP contribution in [0.5, 0.6) is 11.5 Å². The molecule has 6 nitrogen and oxygen atoms in total. The Morgan fingerprint density at radius 1 is 1.04 bits per heavy atom. The molecule has 148 valence electrons. The lowest BCUT2D eigenvalue weighted by atomic mass is 9.50. The molecular formula is C21H25N3O3S. The highest BCUT2D eigenvalue weighted by atomic mass is 32.1. The number of ether oxygens (including phenoxy) is 2. The molecule has 4 aliphatic carbocycles. The molecule has 4 fully saturated rings. The SMILES string of the molecule is COc1ccc(C(=O)Nc2nnc(C34CC5CC(CC(C5)C3)C4)s2)cc1OC. The average molecular weight is 400 g/mol. The third-order valence-corrected chi connectivity index (χ3v) is 7.87. The van der Waals surface area contributed by atoms with Gasteiger partial charge in [-0.2, -0.15) is 0 Å². The minimum atomic E-state index is -0.214. The van der Waals surface area contributed by atoms with E-state index in [9.17, 15) is 4.79 Å². The maximum Gasteiger partial charge on any atom is 0.257 e. The van der Waals surface area contributed by atoms with Gasteiger partial charge in [0.25, 0.3) is 5.91 Å². The number of rotatable bonds is 5. The second-order valence-electron chi connectivity index (χ2n) is 8.63. The van der Waals surface area contributed by atoms with Gasteiger partial charge in [-0.1, -0.05) is 11.3 Å². The zero-order valence-electron chi connectivity index (χ0n) is 16.2. The van der Waals surface area contributed by atoms with E-state index in [0.29, 0.717) is 22.2 Å². The summed E-state index contributed by atoms with van der Waals surface area (Å²) in [5, 5.41) is 13.4. The smallest absolute Gasteiger partial charge is 0.257 e. The van der Waals surface area contributed by atoms with E-state index in [0.717, 1.165) is 22.8 Å². The van der Waals surface area contributed by atoms with Crippen LogP contribution in [0.15, 0.2) is 18.2 Å². The third-order valence-electron chi connectivity index (χ3n) is 6.78. The van der Waals surface area contributed by atoms with Gasteiger partial charge in [-0.15, -0.1) is 10.2 Å². The lowest BCUT2D eigenvalue weighted by Gasteiger charge is -2.55. The van der Waals surface area contributed by atoms with Gasteiger partial charge in [0.1, 0.15) is 5.01 Å². The molecule has 1 heterocycles. The zero-order valence-corrected chi connectivity index (χ0v) is 17.1. The van der Waals surface area contributed by atoms with Crippen molar-refractivity contribution in [3.05, 3.63) is 28.8 Å². The number of carbonyl (C=O) groups excluding carboxylic acids is 1. The summed E-state index contributed by atoms with van der Waals surface area (Å²) in [6, 6.07) is 5.13. The monoisotopic (exact) mass is 399 g/mol. The van der Waals surface area contributed by atoms with Gasteiger partial charge in [-0.25, -0.2) is 0 Å². The Bertz CT molecular complexity index is 875. The normalized spacial score (nSPS) is 30.3. The van der Waals surface area contributed by atoms with Gasteiger partial charge in [-0.3, -0.25) is 10.1 Å². The van der Waals surface area contributed by atoms with Crippen LogP contribution in [0.3, 0.4) is 0 Å². The Labute approximate surface area is 168 Å². The summed E-state index contributed by atoms with van der Waals surface area (Å²) < 4.78 is 10.5. The first kappa shape index (κ1) is 17.9. The Balaban J connectivity index is 1.34. The first-order chi connectivity index (χ1) is 13.6. The second kappa shape index (κ2) is 6.72. The molecule has 4 saturated carbocycles. The largest absolute Gasteiger partial charge is 0.493 e. The third kappa shape index (κ3) is 2.96. The number of amides is 1. The molecule has 0 radical (unpaired) electrons. The summed E-state index contributed by atoms with van der Waals surface area (Å²) in [6.45, 7) is 0. The molecule has 1 amide bonds. The van der Waals surface area contributed by atoms with Crippen molar-refractivity contribution in [3.63, 3.8) is 0 Å². The molecule has 2 aromatic rings. The van der Waals surface area contributed by atoms with Crippen molar-refractivity contribution in [3.8, 4) is 11.5 Å². The number of hydrogen-bond acceptors (Lipinski definition) is 6. The van der Waals surface area contributed by atoms with Crippen LogP contribution in [0.1, 0.15) is 53.9 Å². The number of nitrogens with zero attached hydrogens (tertiary/aromatic N) is 2.